The van der Waals surface area contributed by atoms with Crippen molar-refractivity contribution >= 4 is 30.9 Å². The van der Waals surface area contributed by atoms with Gasteiger partial charge in [-0.3, -0.25) is 0 Å². The average Bonchev–Trinajstić information content (AvgIpc) is 2.20. The van der Waals surface area contributed by atoms with Crippen LogP contribution in [0.3, 0.4) is 0 Å². The van der Waals surface area contributed by atoms with Crippen LogP contribution >= 0.6 is 7.82 Å². The van der Waals surface area contributed by atoms with Gasteiger partial charge in [-0.25, -0.2) is 4.57 Å². The number of hydrogen-bond donors (Lipinski definition) is 3. The van der Waals surface area contributed by atoms with E-state index in [1.54, 1.807) is 0 Å². The molecule has 0 aliphatic carbocycles. The Morgan fingerprint density at radius 3 is 1.39 bits per heavy atom. The van der Waals surface area contributed by atoms with Crippen molar-refractivity contribution in [1.82, 2.24) is 0 Å². The Morgan fingerprint density at radius 2 is 1.11 bits per heavy atom. The van der Waals surface area contributed by atoms with Crippen molar-refractivity contribution in [2.45, 2.75) is 71.1 Å². The Morgan fingerprint density at radius 1 is 0.833 bits per heavy atom. The number of rotatable bonds is 9. The maximum Gasteiger partial charge on any atom is 2.00 e. The second-order valence-corrected chi connectivity index (χ2v) is 5.22. The molecule has 0 aliphatic heterocycles. The molecule has 106 valence electrons. The van der Waals surface area contributed by atoms with E-state index in [1.165, 1.54) is 57.8 Å². The third-order valence-electron chi connectivity index (χ3n) is 2.35. The fourth-order valence-electron chi connectivity index (χ4n) is 1.49. The molecule has 0 saturated carbocycles. The molecule has 0 atom stereocenters. The van der Waals surface area contributed by atoms with Gasteiger partial charge in [0.1, 0.15) is 0 Å². The molecule has 0 aliphatic rings. The zero-order valence-electron chi connectivity index (χ0n) is 11.7. The van der Waals surface area contributed by atoms with Crippen LogP contribution in [0.2, 0.25) is 0 Å². The maximum absolute atomic E-state index is 8.88. The largest absolute Gasteiger partial charge is 2.00 e. The van der Waals surface area contributed by atoms with Crippen molar-refractivity contribution < 1.29 is 19.2 Å². The molecular weight excluding hydrogens is 263 g/mol. The summed E-state index contributed by atoms with van der Waals surface area (Å²) in [5, 5.41) is 0. The van der Waals surface area contributed by atoms with E-state index in [2.05, 4.69) is 13.8 Å². The third kappa shape index (κ3) is 43.6. The molecule has 4 nitrogen and oxygen atoms in total. The molecule has 6 heteroatoms. The first-order chi connectivity index (χ1) is 7.91. The van der Waals surface area contributed by atoms with E-state index in [0.717, 1.165) is 6.42 Å². The predicted octanol–water partition coefficient (Wildman–Crippen LogP) is 3.43. The standard InChI is InChI=1S/C12H25.Mg.H3O4P/c1-3-5-7-9-11-12-10-8-6-4-2;;1-5(2,3)4/h1,3-12H2,2H3;;(H3,1,2,3,4)/q-1;+2;. The summed E-state index contributed by atoms with van der Waals surface area (Å²) in [4.78, 5) is 21.6. The van der Waals surface area contributed by atoms with Crippen LogP contribution in [0.25, 0.3) is 0 Å². The maximum atomic E-state index is 8.88. The first kappa shape index (κ1) is 23.9. The molecule has 3 N–H and O–H groups in total. The Bertz CT molecular complexity index is 167. The van der Waals surface area contributed by atoms with Gasteiger partial charge in [0.15, 0.2) is 0 Å². The normalized spacial score (nSPS) is 10.3. The minimum Gasteiger partial charge on any atom is -0.343 e. The van der Waals surface area contributed by atoms with E-state index in [4.69, 9.17) is 19.2 Å². The van der Waals surface area contributed by atoms with Crippen LogP contribution in [-0.4, -0.2) is 37.7 Å². The van der Waals surface area contributed by atoms with Gasteiger partial charge < -0.3 is 21.6 Å². The van der Waals surface area contributed by atoms with Crippen molar-refractivity contribution in [3.05, 3.63) is 6.92 Å². The van der Waals surface area contributed by atoms with Crippen molar-refractivity contribution in [3.8, 4) is 0 Å². The van der Waals surface area contributed by atoms with Gasteiger partial charge in [0.25, 0.3) is 0 Å². The molecule has 0 unspecified atom stereocenters. The summed E-state index contributed by atoms with van der Waals surface area (Å²) in [5.74, 6) is 0. The van der Waals surface area contributed by atoms with E-state index < -0.39 is 7.82 Å². The van der Waals surface area contributed by atoms with Crippen LogP contribution in [0.4, 0.5) is 0 Å². The average molecular weight is 292 g/mol. The molecular formula is C12H28MgO4P+. The van der Waals surface area contributed by atoms with Gasteiger partial charge in [0.05, 0.1) is 0 Å². The van der Waals surface area contributed by atoms with Crippen LogP contribution in [0, 0.1) is 6.92 Å². The van der Waals surface area contributed by atoms with Gasteiger partial charge in [-0.1, -0.05) is 64.7 Å². The van der Waals surface area contributed by atoms with Crippen molar-refractivity contribution in [1.29, 1.82) is 0 Å². The summed E-state index contributed by atoms with van der Waals surface area (Å²) in [5.41, 5.74) is 0. The second kappa shape index (κ2) is 17.9. The summed E-state index contributed by atoms with van der Waals surface area (Å²) >= 11 is 0. The molecule has 0 aromatic heterocycles. The second-order valence-electron chi connectivity index (χ2n) is 4.20. The SMILES string of the molecule is O=P(O)(O)O.[CH2-]CCCCCCCCCCC.[Mg+2]. The van der Waals surface area contributed by atoms with E-state index in [0.29, 0.717) is 0 Å². The van der Waals surface area contributed by atoms with Gasteiger partial charge in [0, 0.05) is 0 Å². The molecule has 0 bridgehead atoms. The molecule has 0 radical (unpaired) electrons. The fourth-order valence-corrected chi connectivity index (χ4v) is 1.49. The molecule has 18 heavy (non-hydrogen) atoms. The zero-order valence-corrected chi connectivity index (χ0v) is 14.0. The van der Waals surface area contributed by atoms with Crippen molar-refractivity contribution in [3.63, 3.8) is 0 Å². The van der Waals surface area contributed by atoms with Crippen LogP contribution in [-0.2, 0) is 4.57 Å². The number of hydrogen-bond acceptors (Lipinski definition) is 1. The minimum absolute atomic E-state index is 0. The van der Waals surface area contributed by atoms with E-state index in [9.17, 15) is 0 Å². The summed E-state index contributed by atoms with van der Waals surface area (Å²) in [6, 6.07) is 0. The van der Waals surface area contributed by atoms with Gasteiger partial charge >= 0.3 is 30.9 Å². The minimum atomic E-state index is -4.64. The van der Waals surface area contributed by atoms with Crippen molar-refractivity contribution in [2.75, 3.05) is 0 Å². The quantitative estimate of drug-likeness (QED) is 0.263. The smallest absolute Gasteiger partial charge is 0.343 e. The Labute approximate surface area is 128 Å². The van der Waals surface area contributed by atoms with Gasteiger partial charge in [-0.15, -0.1) is 0 Å². The summed E-state index contributed by atoms with van der Waals surface area (Å²) in [6.07, 6.45) is 13.9. The molecule has 0 aromatic carbocycles. The third-order valence-corrected chi connectivity index (χ3v) is 2.35. The molecule has 0 fully saturated rings. The summed E-state index contributed by atoms with van der Waals surface area (Å²) < 4.78 is 8.88. The van der Waals surface area contributed by atoms with Crippen LogP contribution < -0.4 is 0 Å². The van der Waals surface area contributed by atoms with Crippen LogP contribution in [0.5, 0.6) is 0 Å². The summed E-state index contributed by atoms with van der Waals surface area (Å²) in [7, 11) is -4.64. The molecule has 0 aromatic rings. The number of unbranched alkanes of at least 4 members (excludes halogenated alkanes) is 9. The first-order valence-corrected chi connectivity index (χ1v) is 8.05. The van der Waals surface area contributed by atoms with Crippen LogP contribution in [0.15, 0.2) is 0 Å². The monoisotopic (exact) mass is 291 g/mol. The van der Waals surface area contributed by atoms with Gasteiger partial charge in [-0.05, 0) is 0 Å². The van der Waals surface area contributed by atoms with Crippen molar-refractivity contribution in [2.24, 2.45) is 0 Å². The van der Waals surface area contributed by atoms with E-state index in [-0.39, 0.29) is 23.1 Å². The van der Waals surface area contributed by atoms with Crippen LogP contribution in [0.1, 0.15) is 71.1 Å². The topological polar surface area (TPSA) is 77.8 Å². The van der Waals surface area contributed by atoms with Gasteiger partial charge in [0.2, 0.25) is 0 Å². The summed E-state index contributed by atoms with van der Waals surface area (Å²) in [6.45, 7) is 6.12. The Balaban J connectivity index is -0.000000321. The van der Waals surface area contributed by atoms with E-state index >= 15 is 0 Å². The Hall–Kier alpha value is 0.876. The predicted molar refractivity (Wildman–Crippen MR) is 77.2 cm³/mol. The van der Waals surface area contributed by atoms with Gasteiger partial charge in [-0.2, -0.15) is 6.42 Å². The van der Waals surface area contributed by atoms with E-state index in [1.807, 2.05) is 0 Å². The molecule has 0 amide bonds. The molecule has 0 rings (SSSR count). The number of phosphoric acid groups is 1. The molecule has 0 spiro atoms. The Kier molecular flexibility index (Phi) is 23.8. The first-order valence-electron chi connectivity index (χ1n) is 6.49. The molecule has 0 saturated heterocycles. The molecule has 0 heterocycles. The fraction of sp³-hybridized carbons (Fsp3) is 0.917. The zero-order chi connectivity index (χ0) is 13.6.